The molecule has 4 rings (SSSR count). The maximum absolute atomic E-state index is 13.3. The number of hydrogen-bond donors (Lipinski definition) is 2. The summed E-state index contributed by atoms with van der Waals surface area (Å²) in [5.41, 5.74) is 3.03. The number of nitrogens with zero attached hydrogens (tertiary/aromatic N) is 1. The third-order valence-electron chi connectivity index (χ3n) is 7.70. The van der Waals surface area contributed by atoms with E-state index in [1.54, 1.807) is 0 Å². The summed E-state index contributed by atoms with van der Waals surface area (Å²) in [6.45, 7) is 5.25. The number of carbonyl (C=O) groups is 2. The molecular weight excluding hydrogens is 374 g/mol. The van der Waals surface area contributed by atoms with Gasteiger partial charge in [0.15, 0.2) is 0 Å². The summed E-state index contributed by atoms with van der Waals surface area (Å²) in [7, 11) is 1.97. The Morgan fingerprint density at radius 2 is 1.87 bits per heavy atom. The van der Waals surface area contributed by atoms with E-state index in [2.05, 4.69) is 36.6 Å². The van der Waals surface area contributed by atoms with Crippen LogP contribution >= 0.6 is 0 Å². The second-order valence-electron chi connectivity index (χ2n) is 9.86. The molecule has 164 valence electrons. The van der Waals surface area contributed by atoms with Gasteiger partial charge in [-0.2, -0.15) is 0 Å². The van der Waals surface area contributed by atoms with Gasteiger partial charge in [-0.05, 0) is 68.7 Å². The molecule has 4 atom stereocenters. The SMILES string of the molecule is Cc1ccc(NC(=O)C2CCCCCC2)cc1C1CC2CNC(C)CC2N(C)C1=O. The van der Waals surface area contributed by atoms with E-state index in [-0.39, 0.29) is 23.7 Å². The molecule has 2 heterocycles. The van der Waals surface area contributed by atoms with Gasteiger partial charge in [0.2, 0.25) is 11.8 Å². The monoisotopic (exact) mass is 411 g/mol. The predicted octanol–water partition coefficient (Wildman–Crippen LogP) is 4.22. The van der Waals surface area contributed by atoms with Crippen molar-refractivity contribution in [1.29, 1.82) is 0 Å². The van der Waals surface area contributed by atoms with E-state index < -0.39 is 0 Å². The van der Waals surface area contributed by atoms with Gasteiger partial charge in [-0.1, -0.05) is 31.7 Å². The molecule has 0 spiro atoms. The third kappa shape index (κ3) is 4.41. The quantitative estimate of drug-likeness (QED) is 0.732. The zero-order valence-electron chi connectivity index (χ0n) is 18.7. The summed E-state index contributed by atoms with van der Waals surface area (Å²) >= 11 is 0. The van der Waals surface area contributed by atoms with Crippen molar-refractivity contribution >= 4 is 17.5 Å². The minimum absolute atomic E-state index is 0.121. The Bertz CT molecular complexity index is 785. The highest BCUT2D eigenvalue weighted by molar-refractivity contribution is 5.93. The van der Waals surface area contributed by atoms with Crippen molar-refractivity contribution < 1.29 is 9.59 Å². The number of hydrogen-bond acceptors (Lipinski definition) is 3. The van der Waals surface area contributed by atoms with Crippen molar-refractivity contribution in [1.82, 2.24) is 10.2 Å². The molecule has 1 saturated carbocycles. The Labute approximate surface area is 181 Å². The average molecular weight is 412 g/mol. The van der Waals surface area contributed by atoms with Gasteiger partial charge in [0, 0.05) is 37.3 Å². The van der Waals surface area contributed by atoms with Crippen molar-refractivity contribution in [3.05, 3.63) is 29.3 Å². The molecule has 0 aromatic heterocycles. The lowest BCUT2D eigenvalue weighted by molar-refractivity contribution is -0.140. The van der Waals surface area contributed by atoms with Crippen molar-refractivity contribution in [3.8, 4) is 0 Å². The molecule has 2 amide bonds. The Balaban J connectivity index is 1.51. The Morgan fingerprint density at radius 1 is 1.13 bits per heavy atom. The number of rotatable bonds is 3. The second-order valence-corrected chi connectivity index (χ2v) is 9.86. The van der Waals surface area contributed by atoms with E-state index in [1.165, 1.54) is 12.8 Å². The van der Waals surface area contributed by atoms with Crippen LogP contribution in [-0.2, 0) is 9.59 Å². The van der Waals surface area contributed by atoms with Crippen LogP contribution in [0.1, 0.15) is 75.3 Å². The summed E-state index contributed by atoms with van der Waals surface area (Å²) in [5.74, 6) is 0.847. The molecule has 0 radical (unpaired) electrons. The topological polar surface area (TPSA) is 61.4 Å². The lowest BCUT2D eigenvalue weighted by atomic mass is 9.75. The predicted molar refractivity (Wildman–Crippen MR) is 120 cm³/mol. The van der Waals surface area contributed by atoms with Gasteiger partial charge in [0.05, 0.1) is 5.92 Å². The Hall–Kier alpha value is -1.88. The molecular formula is C25H37N3O2. The van der Waals surface area contributed by atoms with Crippen molar-refractivity contribution in [2.45, 2.75) is 83.2 Å². The first kappa shape index (κ1) is 21.4. The number of likely N-dealkylation sites (N-methyl/N-ethyl adjacent to an activating group) is 1. The zero-order chi connectivity index (χ0) is 21.3. The van der Waals surface area contributed by atoms with Crippen LogP contribution < -0.4 is 10.6 Å². The van der Waals surface area contributed by atoms with E-state index in [9.17, 15) is 9.59 Å². The molecule has 0 bridgehead atoms. The van der Waals surface area contributed by atoms with Gasteiger partial charge >= 0.3 is 0 Å². The molecule has 30 heavy (non-hydrogen) atoms. The number of likely N-dealkylation sites (tertiary alicyclic amines) is 1. The summed E-state index contributed by atoms with van der Waals surface area (Å²) in [4.78, 5) is 28.1. The fraction of sp³-hybridized carbons (Fsp3) is 0.680. The number of nitrogens with one attached hydrogen (secondary N) is 2. The fourth-order valence-corrected chi connectivity index (χ4v) is 5.79. The maximum Gasteiger partial charge on any atom is 0.230 e. The zero-order valence-corrected chi connectivity index (χ0v) is 18.7. The molecule has 4 unspecified atom stereocenters. The second kappa shape index (κ2) is 9.09. The normalized spacial score (nSPS) is 30.5. The summed E-state index contributed by atoms with van der Waals surface area (Å²) in [6, 6.07) is 6.89. The molecule has 2 saturated heterocycles. The van der Waals surface area contributed by atoms with Crippen molar-refractivity contribution in [2.24, 2.45) is 11.8 Å². The highest BCUT2D eigenvalue weighted by Crippen LogP contribution is 2.39. The van der Waals surface area contributed by atoms with Crippen LogP contribution in [0.4, 0.5) is 5.69 Å². The smallest absolute Gasteiger partial charge is 0.230 e. The van der Waals surface area contributed by atoms with Crippen molar-refractivity contribution in [3.63, 3.8) is 0 Å². The van der Waals surface area contributed by atoms with Gasteiger partial charge in [-0.3, -0.25) is 9.59 Å². The minimum Gasteiger partial charge on any atom is -0.342 e. The first-order valence-electron chi connectivity index (χ1n) is 11.9. The molecule has 3 aliphatic rings. The van der Waals surface area contributed by atoms with E-state index in [0.29, 0.717) is 18.0 Å². The number of aryl methyl sites for hydroxylation is 1. The van der Waals surface area contributed by atoms with E-state index in [0.717, 1.165) is 61.9 Å². The van der Waals surface area contributed by atoms with Gasteiger partial charge in [-0.15, -0.1) is 0 Å². The van der Waals surface area contributed by atoms with Gasteiger partial charge in [0.25, 0.3) is 0 Å². The number of benzene rings is 1. The lowest BCUT2D eigenvalue weighted by Crippen LogP contribution is -2.57. The average Bonchev–Trinajstić information content (AvgIpc) is 3.02. The molecule has 1 aromatic carbocycles. The third-order valence-corrected chi connectivity index (χ3v) is 7.70. The van der Waals surface area contributed by atoms with E-state index in [1.807, 2.05) is 18.0 Å². The standard InChI is InChI=1S/C25H37N3O2/c1-16-10-11-20(27-24(29)18-8-6-4-5-7-9-18)14-21(16)22-13-19-15-26-17(2)12-23(19)28(3)25(22)30/h10-11,14,17-19,22-23,26H,4-9,12-13,15H2,1-3H3,(H,27,29). The van der Waals surface area contributed by atoms with Crippen molar-refractivity contribution in [2.75, 3.05) is 18.9 Å². The van der Waals surface area contributed by atoms with Crippen LogP contribution in [0.25, 0.3) is 0 Å². The highest BCUT2D eigenvalue weighted by Gasteiger charge is 2.43. The van der Waals surface area contributed by atoms with Crippen LogP contribution in [0.3, 0.4) is 0 Å². The van der Waals surface area contributed by atoms with E-state index >= 15 is 0 Å². The van der Waals surface area contributed by atoms with E-state index in [4.69, 9.17) is 0 Å². The Morgan fingerprint density at radius 3 is 2.60 bits per heavy atom. The number of piperidine rings is 2. The summed E-state index contributed by atoms with van der Waals surface area (Å²) < 4.78 is 0. The molecule has 1 aromatic rings. The molecule has 3 fully saturated rings. The summed E-state index contributed by atoms with van der Waals surface area (Å²) in [6.07, 6.45) is 8.67. The molecule has 5 nitrogen and oxygen atoms in total. The van der Waals surface area contributed by atoms with Crippen LogP contribution in [0.2, 0.25) is 0 Å². The summed E-state index contributed by atoms with van der Waals surface area (Å²) in [5, 5.41) is 6.75. The number of fused-ring (bicyclic) bond motifs is 1. The molecule has 1 aliphatic carbocycles. The van der Waals surface area contributed by atoms with Crippen LogP contribution in [0.5, 0.6) is 0 Å². The largest absolute Gasteiger partial charge is 0.342 e. The van der Waals surface area contributed by atoms with Crippen LogP contribution in [0, 0.1) is 18.8 Å². The number of amides is 2. The molecule has 2 aliphatic heterocycles. The number of anilines is 1. The Kier molecular flexibility index (Phi) is 6.47. The highest BCUT2D eigenvalue weighted by atomic mass is 16.2. The van der Waals surface area contributed by atoms with Gasteiger partial charge in [-0.25, -0.2) is 0 Å². The molecule has 2 N–H and O–H groups in total. The first-order valence-corrected chi connectivity index (χ1v) is 11.9. The molecule has 5 heteroatoms. The maximum atomic E-state index is 13.3. The van der Waals surface area contributed by atoms with Gasteiger partial charge < -0.3 is 15.5 Å². The minimum atomic E-state index is -0.124. The number of carbonyl (C=O) groups excluding carboxylic acids is 2. The van der Waals surface area contributed by atoms with Crippen LogP contribution in [-0.4, -0.2) is 42.4 Å². The first-order chi connectivity index (χ1) is 14.4. The fourth-order valence-electron chi connectivity index (χ4n) is 5.79. The lowest BCUT2D eigenvalue weighted by Gasteiger charge is -2.47. The van der Waals surface area contributed by atoms with Gasteiger partial charge in [0.1, 0.15) is 0 Å². The van der Waals surface area contributed by atoms with Crippen LogP contribution in [0.15, 0.2) is 18.2 Å².